The summed E-state index contributed by atoms with van der Waals surface area (Å²) in [5, 5.41) is 4.15. The van der Waals surface area contributed by atoms with E-state index in [-0.39, 0.29) is 0 Å². The summed E-state index contributed by atoms with van der Waals surface area (Å²) in [5.41, 5.74) is 1.15. The Bertz CT molecular complexity index is 450. The van der Waals surface area contributed by atoms with E-state index in [1.165, 1.54) is 25.7 Å². The van der Waals surface area contributed by atoms with E-state index >= 15 is 0 Å². The minimum absolute atomic E-state index is 0.563. The average Bonchev–Trinajstić information content (AvgIpc) is 2.47. The van der Waals surface area contributed by atoms with E-state index in [1.54, 1.807) is 0 Å². The molecule has 0 radical (unpaired) electrons. The van der Waals surface area contributed by atoms with Crippen LogP contribution in [0.5, 0.6) is 0 Å². The first-order valence-corrected chi connectivity index (χ1v) is 8.59. The molecule has 0 aliphatic heterocycles. The van der Waals surface area contributed by atoms with Crippen LogP contribution in [0.25, 0.3) is 0 Å². The number of hydrogen-bond donors (Lipinski definition) is 1. The number of halogens is 1. The van der Waals surface area contributed by atoms with Gasteiger partial charge in [-0.15, -0.1) is 0 Å². The summed E-state index contributed by atoms with van der Waals surface area (Å²) in [4.78, 5) is 6.91. The van der Waals surface area contributed by atoms with Crippen LogP contribution in [0.1, 0.15) is 51.5 Å². The van der Waals surface area contributed by atoms with E-state index in [0.717, 1.165) is 35.9 Å². The van der Waals surface area contributed by atoms with Gasteiger partial charge in [-0.05, 0) is 43.4 Å². The van der Waals surface area contributed by atoms with Gasteiger partial charge in [0.2, 0.25) is 0 Å². The second-order valence-electron chi connectivity index (χ2n) is 6.27. The maximum absolute atomic E-state index is 6.47. The monoisotopic (exact) mass is 309 g/mol. The Morgan fingerprint density at radius 3 is 2.81 bits per heavy atom. The van der Waals surface area contributed by atoms with Gasteiger partial charge in [0, 0.05) is 25.8 Å². The zero-order chi connectivity index (χ0) is 15.2. The summed E-state index contributed by atoms with van der Waals surface area (Å²) in [6, 6.07) is 2.61. The fourth-order valence-corrected chi connectivity index (χ4v) is 3.59. The van der Waals surface area contributed by atoms with Gasteiger partial charge in [0.1, 0.15) is 5.82 Å². The fourth-order valence-electron chi connectivity index (χ4n) is 3.27. The lowest BCUT2D eigenvalue weighted by molar-refractivity contribution is 0.320. The molecule has 4 heteroatoms. The van der Waals surface area contributed by atoms with Crippen molar-refractivity contribution in [1.29, 1.82) is 0 Å². The fraction of sp³-hybridized carbons (Fsp3) is 0.706. The number of nitrogens with zero attached hydrogens (tertiary/aromatic N) is 2. The molecule has 2 unspecified atom stereocenters. The molecule has 0 spiro atoms. The highest BCUT2D eigenvalue weighted by Crippen LogP contribution is 2.32. The molecule has 1 aliphatic carbocycles. The van der Waals surface area contributed by atoms with Gasteiger partial charge in [0.15, 0.2) is 0 Å². The minimum Gasteiger partial charge on any atom is -0.355 e. The smallest absolute Gasteiger partial charge is 0.147 e. The standard InChI is InChI=1S/C17H28ClN3/c1-4-9-19-11-14-10-15(18)17(20-12-14)21(3)16-8-6-5-7-13(16)2/h10,12-13,16,19H,4-9,11H2,1-3H3. The van der Waals surface area contributed by atoms with Crippen LogP contribution in [0.3, 0.4) is 0 Å². The van der Waals surface area contributed by atoms with E-state index in [9.17, 15) is 0 Å². The molecule has 0 saturated heterocycles. The lowest BCUT2D eigenvalue weighted by Gasteiger charge is -2.37. The van der Waals surface area contributed by atoms with Crippen molar-refractivity contribution in [3.8, 4) is 0 Å². The largest absolute Gasteiger partial charge is 0.355 e. The molecule has 118 valence electrons. The number of nitrogens with one attached hydrogen (secondary N) is 1. The van der Waals surface area contributed by atoms with Crippen LogP contribution in [0.4, 0.5) is 5.82 Å². The predicted octanol–water partition coefficient (Wildman–Crippen LogP) is 4.25. The third-order valence-electron chi connectivity index (χ3n) is 4.53. The van der Waals surface area contributed by atoms with Gasteiger partial charge < -0.3 is 10.2 Å². The molecule has 2 rings (SSSR count). The van der Waals surface area contributed by atoms with Crippen molar-refractivity contribution in [2.45, 2.75) is 58.5 Å². The number of aromatic nitrogens is 1. The third kappa shape index (κ3) is 4.33. The Balaban J connectivity index is 2.05. The molecule has 0 bridgehead atoms. The summed E-state index contributed by atoms with van der Waals surface area (Å²) in [6.45, 7) is 6.38. The van der Waals surface area contributed by atoms with E-state index in [2.05, 4.69) is 42.2 Å². The SMILES string of the molecule is CCCNCc1cnc(N(C)C2CCCCC2C)c(Cl)c1. The molecular weight excluding hydrogens is 282 g/mol. The van der Waals surface area contributed by atoms with E-state index in [0.29, 0.717) is 12.0 Å². The Morgan fingerprint density at radius 2 is 2.14 bits per heavy atom. The number of rotatable bonds is 6. The van der Waals surface area contributed by atoms with Crippen molar-refractivity contribution in [3.63, 3.8) is 0 Å². The Kier molecular flexibility index (Phi) is 6.31. The first kappa shape index (κ1) is 16.6. The van der Waals surface area contributed by atoms with Crippen LogP contribution in [0, 0.1) is 5.92 Å². The highest BCUT2D eigenvalue weighted by Gasteiger charge is 2.26. The number of anilines is 1. The van der Waals surface area contributed by atoms with E-state index < -0.39 is 0 Å². The summed E-state index contributed by atoms with van der Waals surface area (Å²) in [5.74, 6) is 1.64. The van der Waals surface area contributed by atoms with E-state index in [1.807, 2.05) is 6.20 Å². The van der Waals surface area contributed by atoms with Gasteiger partial charge in [-0.1, -0.05) is 38.3 Å². The molecule has 1 aliphatic rings. The summed E-state index contributed by atoms with van der Waals surface area (Å²) >= 11 is 6.47. The normalized spacial score (nSPS) is 22.3. The molecule has 1 heterocycles. The van der Waals surface area contributed by atoms with Crippen LogP contribution in [0.15, 0.2) is 12.3 Å². The Labute approximate surface area is 134 Å². The minimum atomic E-state index is 0.563. The highest BCUT2D eigenvalue weighted by atomic mass is 35.5. The maximum atomic E-state index is 6.47. The Hall–Kier alpha value is -0.800. The van der Waals surface area contributed by atoms with Crippen molar-refractivity contribution in [1.82, 2.24) is 10.3 Å². The van der Waals surface area contributed by atoms with Crippen molar-refractivity contribution >= 4 is 17.4 Å². The molecule has 1 fully saturated rings. The molecule has 3 nitrogen and oxygen atoms in total. The van der Waals surface area contributed by atoms with Crippen molar-refractivity contribution < 1.29 is 0 Å². The van der Waals surface area contributed by atoms with Gasteiger partial charge in [-0.2, -0.15) is 0 Å². The molecule has 1 N–H and O–H groups in total. The molecule has 1 aromatic heterocycles. The summed E-state index contributed by atoms with van der Waals surface area (Å²) in [7, 11) is 2.13. The first-order valence-electron chi connectivity index (χ1n) is 8.21. The van der Waals surface area contributed by atoms with Crippen LogP contribution in [-0.2, 0) is 6.54 Å². The van der Waals surface area contributed by atoms with Crippen LogP contribution in [0.2, 0.25) is 5.02 Å². The third-order valence-corrected chi connectivity index (χ3v) is 4.81. The molecule has 0 amide bonds. The van der Waals surface area contributed by atoms with Gasteiger partial charge in [0.05, 0.1) is 5.02 Å². The summed E-state index contributed by atoms with van der Waals surface area (Å²) in [6.07, 6.45) is 8.32. The highest BCUT2D eigenvalue weighted by molar-refractivity contribution is 6.33. The van der Waals surface area contributed by atoms with Crippen LogP contribution < -0.4 is 10.2 Å². The van der Waals surface area contributed by atoms with Crippen molar-refractivity contribution in [3.05, 3.63) is 22.8 Å². The zero-order valence-corrected chi connectivity index (χ0v) is 14.3. The number of hydrogen-bond acceptors (Lipinski definition) is 3. The van der Waals surface area contributed by atoms with Gasteiger partial charge >= 0.3 is 0 Å². The van der Waals surface area contributed by atoms with Gasteiger partial charge in [0.25, 0.3) is 0 Å². The lowest BCUT2D eigenvalue weighted by Crippen LogP contribution is -2.39. The lowest BCUT2D eigenvalue weighted by atomic mass is 9.85. The van der Waals surface area contributed by atoms with Crippen LogP contribution >= 0.6 is 11.6 Å². The zero-order valence-electron chi connectivity index (χ0n) is 13.5. The molecule has 1 saturated carbocycles. The molecule has 2 atom stereocenters. The first-order chi connectivity index (χ1) is 10.1. The summed E-state index contributed by atoms with van der Waals surface area (Å²) < 4.78 is 0. The van der Waals surface area contributed by atoms with Crippen LogP contribution in [-0.4, -0.2) is 24.6 Å². The average molecular weight is 310 g/mol. The second-order valence-corrected chi connectivity index (χ2v) is 6.67. The molecular formula is C17H28ClN3. The number of pyridine rings is 1. The molecule has 21 heavy (non-hydrogen) atoms. The second kappa shape index (κ2) is 8.00. The molecule has 1 aromatic rings. The van der Waals surface area contributed by atoms with Crippen molar-refractivity contribution in [2.75, 3.05) is 18.5 Å². The van der Waals surface area contributed by atoms with Gasteiger partial charge in [-0.25, -0.2) is 4.98 Å². The predicted molar refractivity (Wildman–Crippen MR) is 91.1 cm³/mol. The van der Waals surface area contributed by atoms with E-state index in [4.69, 9.17) is 11.6 Å². The topological polar surface area (TPSA) is 28.2 Å². The van der Waals surface area contributed by atoms with Crippen molar-refractivity contribution in [2.24, 2.45) is 5.92 Å². The Morgan fingerprint density at radius 1 is 1.38 bits per heavy atom. The molecule has 0 aromatic carbocycles. The maximum Gasteiger partial charge on any atom is 0.147 e. The van der Waals surface area contributed by atoms with Gasteiger partial charge in [-0.3, -0.25) is 0 Å². The quantitative estimate of drug-likeness (QED) is 0.796.